The number of amides is 1. The monoisotopic (exact) mass is 357 g/mol. The zero-order chi connectivity index (χ0) is 18.5. The minimum Gasteiger partial charge on any atom is -0.481 e. The molecule has 0 heterocycles. The van der Waals surface area contributed by atoms with E-state index in [0.29, 0.717) is 18.4 Å². The molecule has 2 rings (SSSR count). The molecule has 0 bridgehead atoms. The normalized spacial score (nSPS) is 17.1. The van der Waals surface area contributed by atoms with Crippen molar-refractivity contribution in [3.63, 3.8) is 0 Å². The lowest BCUT2D eigenvalue weighted by Crippen LogP contribution is -2.44. The Morgan fingerprint density at radius 3 is 2.36 bits per heavy atom. The summed E-state index contributed by atoms with van der Waals surface area (Å²) in [5.41, 5.74) is -0.497. The summed E-state index contributed by atoms with van der Waals surface area (Å²) in [6.45, 7) is -0.00519. The molecular formula is C18H22F3NO3. The predicted octanol–water partition coefficient (Wildman–Crippen LogP) is 3.95. The molecule has 7 heteroatoms. The highest BCUT2D eigenvalue weighted by molar-refractivity contribution is 5.96. The molecule has 0 aliphatic heterocycles. The molecule has 0 spiro atoms. The maximum Gasteiger partial charge on any atom is 0.389 e. The van der Waals surface area contributed by atoms with Crippen LogP contribution in [-0.4, -0.2) is 29.7 Å². The largest absolute Gasteiger partial charge is 0.481 e. The molecule has 2 N–H and O–H groups in total. The average Bonchev–Trinajstić information content (AvgIpc) is 2.58. The van der Waals surface area contributed by atoms with Crippen LogP contribution in [0.2, 0.25) is 0 Å². The lowest BCUT2D eigenvalue weighted by Gasteiger charge is -2.33. The molecule has 1 fully saturated rings. The van der Waals surface area contributed by atoms with E-state index in [2.05, 4.69) is 5.32 Å². The summed E-state index contributed by atoms with van der Waals surface area (Å²) in [6, 6.07) is 6.13. The van der Waals surface area contributed by atoms with Gasteiger partial charge in [0.1, 0.15) is 0 Å². The van der Waals surface area contributed by atoms with Crippen LogP contribution < -0.4 is 5.32 Å². The van der Waals surface area contributed by atoms with Crippen LogP contribution in [0.15, 0.2) is 24.3 Å². The number of aliphatic carboxylic acids is 1. The first-order valence-electron chi connectivity index (χ1n) is 8.40. The third kappa shape index (κ3) is 5.21. The molecule has 1 aliphatic carbocycles. The molecular weight excluding hydrogens is 335 g/mol. The van der Waals surface area contributed by atoms with E-state index in [1.165, 1.54) is 12.1 Å². The number of aryl methyl sites for hydroxylation is 1. The van der Waals surface area contributed by atoms with Gasteiger partial charge in [0.05, 0.1) is 5.41 Å². The van der Waals surface area contributed by atoms with E-state index in [1.54, 1.807) is 12.1 Å². The second-order valence-electron chi connectivity index (χ2n) is 6.60. The first-order valence-corrected chi connectivity index (χ1v) is 8.40. The molecule has 0 atom stereocenters. The van der Waals surface area contributed by atoms with E-state index in [9.17, 15) is 27.9 Å². The van der Waals surface area contributed by atoms with Crippen LogP contribution in [0, 0.1) is 5.41 Å². The zero-order valence-corrected chi connectivity index (χ0v) is 13.9. The fourth-order valence-corrected chi connectivity index (χ4v) is 3.28. The number of nitrogens with one attached hydrogen (secondary N) is 1. The van der Waals surface area contributed by atoms with Crippen molar-refractivity contribution < 1.29 is 27.9 Å². The molecule has 0 saturated heterocycles. The minimum absolute atomic E-state index is 0.00519. The topological polar surface area (TPSA) is 66.4 Å². The van der Waals surface area contributed by atoms with E-state index in [1.807, 2.05) is 0 Å². The number of hydrogen-bond donors (Lipinski definition) is 2. The maximum atomic E-state index is 12.4. The van der Waals surface area contributed by atoms with Crippen LogP contribution in [0.5, 0.6) is 0 Å². The number of rotatable bonds is 6. The molecule has 1 saturated carbocycles. The number of hydrogen-bond acceptors (Lipinski definition) is 2. The average molecular weight is 357 g/mol. The fraction of sp³-hybridized carbons (Fsp3) is 0.556. The maximum absolute atomic E-state index is 12.4. The van der Waals surface area contributed by atoms with E-state index >= 15 is 0 Å². The van der Waals surface area contributed by atoms with Crippen molar-refractivity contribution in [1.82, 2.24) is 5.32 Å². The standard InChI is InChI=1S/C18H22F3NO3/c19-18(20,21)11-8-13-6-2-3-7-14(13)15(23)22-12-17(16(24)25)9-4-1-5-10-17/h2-3,6-7H,1,4-5,8-12H2,(H,22,23)(H,24,25). The summed E-state index contributed by atoms with van der Waals surface area (Å²) < 4.78 is 37.3. The quantitative estimate of drug-likeness (QED) is 0.810. The van der Waals surface area contributed by atoms with Gasteiger partial charge in [0, 0.05) is 18.5 Å². The van der Waals surface area contributed by atoms with E-state index in [-0.39, 0.29) is 18.5 Å². The third-order valence-corrected chi connectivity index (χ3v) is 4.79. The van der Waals surface area contributed by atoms with Gasteiger partial charge < -0.3 is 10.4 Å². The number of carboxylic acid groups (broad SMARTS) is 1. The Bertz CT molecular complexity index is 622. The number of halogens is 3. The lowest BCUT2D eigenvalue weighted by atomic mass is 9.74. The summed E-state index contributed by atoms with van der Waals surface area (Å²) in [6.07, 6.45) is -2.01. The van der Waals surface area contributed by atoms with Crippen molar-refractivity contribution in [2.75, 3.05) is 6.54 Å². The predicted molar refractivity (Wildman–Crippen MR) is 86.3 cm³/mol. The molecule has 138 valence electrons. The lowest BCUT2D eigenvalue weighted by molar-refractivity contribution is -0.150. The number of carbonyl (C=O) groups is 2. The molecule has 0 unspecified atom stereocenters. The van der Waals surface area contributed by atoms with Crippen molar-refractivity contribution in [1.29, 1.82) is 0 Å². The second-order valence-corrected chi connectivity index (χ2v) is 6.60. The van der Waals surface area contributed by atoms with Crippen LogP contribution in [0.4, 0.5) is 13.2 Å². The van der Waals surface area contributed by atoms with Gasteiger partial charge >= 0.3 is 12.1 Å². The SMILES string of the molecule is O=C(NCC1(C(=O)O)CCCCC1)c1ccccc1CCC(F)(F)F. The number of benzene rings is 1. The van der Waals surface area contributed by atoms with Crippen LogP contribution >= 0.6 is 0 Å². The van der Waals surface area contributed by atoms with Crippen LogP contribution in [0.25, 0.3) is 0 Å². The Labute approximate surface area is 144 Å². The number of alkyl halides is 3. The molecule has 4 nitrogen and oxygen atoms in total. The van der Waals surface area contributed by atoms with Gasteiger partial charge in [0.2, 0.25) is 0 Å². The number of carbonyl (C=O) groups excluding carboxylic acids is 1. The summed E-state index contributed by atoms with van der Waals surface area (Å²) >= 11 is 0. The van der Waals surface area contributed by atoms with Gasteiger partial charge in [-0.1, -0.05) is 37.5 Å². The van der Waals surface area contributed by atoms with Crippen molar-refractivity contribution in [3.8, 4) is 0 Å². The zero-order valence-electron chi connectivity index (χ0n) is 13.9. The second kappa shape index (κ2) is 7.89. The first kappa shape index (κ1) is 19.3. The Morgan fingerprint density at radius 1 is 1.12 bits per heavy atom. The summed E-state index contributed by atoms with van der Waals surface area (Å²) in [5.74, 6) is -1.46. The molecule has 1 amide bonds. The first-order chi connectivity index (χ1) is 11.7. The Hall–Kier alpha value is -2.05. The van der Waals surface area contributed by atoms with Crippen LogP contribution in [0.3, 0.4) is 0 Å². The number of carboxylic acids is 1. The van der Waals surface area contributed by atoms with Gasteiger partial charge in [-0.2, -0.15) is 13.2 Å². The molecule has 25 heavy (non-hydrogen) atoms. The van der Waals surface area contributed by atoms with Gasteiger partial charge in [0.15, 0.2) is 0 Å². The van der Waals surface area contributed by atoms with Crippen molar-refractivity contribution >= 4 is 11.9 Å². The van der Waals surface area contributed by atoms with Crippen molar-refractivity contribution in [2.24, 2.45) is 5.41 Å². The van der Waals surface area contributed by atoms with Crippen LogP contribution in [-0.2, 0) is 11.2 Å². The van der Waals surface area contributed by atoms with Gasteiger partial charge in [0.25, 0.3) is 5.91 Å². The summed E-state index contributed by atoms with van der Waals surface area (Å²) in [4.78, 5) is 24.0. The highest BCUT2D eigenvalue weighted by Gasteiger charge is 2.40. The van der Waals surface area contributed by atoms with E-state index < -0.39 is 29.9 Å². The summed E-state index contributed by atoms with van der Waals surface area (Å²) in [5, 5.41) is 12.2. The van der Waals surface area contributed by atoms with Gasteiger partial charge in [-0.25, -0.2) is 0 Å². The van der Waals surface area contributed by atoms with Gasteiger partial charge in [-0.15, -0.1) is 0 Å². The highest BCUT2D eigenvalue weighted by atomic mass is 19.4. The highest BCUT2D eigenvalue weighted by Crippen LogP contribution is 2.36. The molecule has 1 aromatic carbocycles. The van der Waals surface area contributed by atoms with Gasteiger partial charge in [-0.05, 0) is 30.9 Å². The molecule has 0 radical (unpaired) electrons. The van der Waals surface area contributed by atoms with E-state index in [4.69, 9.17) is 0 Å². The molecule has 0 aromatic heterocycles. The fourth-order valence-electron chi connectivity index (χ4n) is 3.28. The molecule has 1 aliphatic rings. The van der Waals surface area contributed by atoms with E-state index in [0.717, 1.165) is 19.3 Å². The Kier molecular flexibility index (Phi) is 6.08. The minimum atomic E-state index is -4.29. The summed E-state index contributed by atoms with van der Waals surface area (Å²) in [7, 11) is 0. The Morgan fingerprint density at radius 2 is 1.76 bits per heavy atom. The van der Waals surface area contributed by atoms with Crippen molar-refractivity contribution in [2.45, 2.75) is 51.1 Å². The van der Waals surface area contributed by atoms with Crippen LogP contribution in [0.1, 0.15) is 54.4 Å². The van der Waals surface area contributed by atoms with Gasteiger partial charge in [-0.3, -0.25) is 9.59 Å². The smallest absolute Gasteiger partial charge is 0.389 e. The Balaban J connectivity index is 2.06. The third-order valence-electron chi connectivity index (χ3n) is 4.79. The molecule has 1 aromatic rings. The van der Waals surface area contributed by atoms with Crippen molar-refractivity contribution in [3.05, 3.63) is 35.4 Å².